The molecule has 2 aromatic carbocycles. The number of halogens is 2. The number of nitro benzene ring substituents is 1. The average Bonchev–Trinajstić information content (AvgIpc) is 2.64. The third-order valence-corrected chi connectivity index (χ3v) is 5.13. The number of carbonyl (C=O) groups is 1. The van der Waals surface area contributed by atoms with Gasteiger partial charge in [-0.3, -0.25) is 20.2 Å². The summed E-state index contributed by atoms with van der Waals surface area (Å²) in [6, 6.07) is 9.37. The molecule has 0 saturated heterocycles. The number of non-ortho nitro benzene ring substituents is 1. The summed E-state index contributed by atoms with van der Waals surface area (Å²) in [5.74, 6) is 0.520. The van der Waals surface area contributed by atoms with E-state index in [0.717, 1.165) is 10.9 Å². The van der Waals surface area contributed by atoms with Crippen molar-refractivity contribution in [3.8, 4) is 5.75 Å². The highest BCUT2D eigenvalue weighted by Gasteiger charge is 2.16. The fourth-order valence-electron chi connectivity index (χ4n) is 2.25. The Labute approximate surface area is 190 Å². The predicted octanol–water partition coefficient (Wildman–Crippen LogP) is 5.67. The lowest BCUT2D eigenvalue weighted by molar-refractivity contribution is -0.384. The molecule has 0 aliphatic rings. The Kier molecular flexibility index (Phi) is 8.54. The van der Waals surface area contributed by atoms with Crippen LogP contribution in [0.1, 0.15) is 30.6 Å². The minimum Gasteiger partial charge on any atom is -0.493 e. The van der Waals surface area contributed by atoms with E-state index in [4.69, 9.17) is 17.0 Å². The average molecular weight is 545 g/mol. The number of benzene rings is 2. The molecule has 0 unspecified atom stereocenters. The highest BCUT2D eigenvalue weighted by molar-refractivity contribution is 9.10. The molecule has 0 atom stereocenters. The quantitative estimate of drug-likeness (QED) is 0.265. The van der Waals surface area contributed by atoms with Gasteiger partial charge in [-0.15, -0.1) is 0 Å². The van der Waals surface area contributed by atoms with Gasteiger partial charge < -0.3 is 10.1 Å². The number of nitrogens with zero attached hydrogens (tertiary/aromatic N) is 1. The van der Waals surface area contributed by atoms with Crippen LogP contribution in [-0.4, -0.2) is 22.5 Å². The molecule has 0 aliphatic carbocycles. The van der Waals surface area contributed by atoms with Crippen molar-refractivity contribution >= 4 is 66.5 Å². The molecule has 29 heavy (non-hydrogen) atoms. The molecule has 2 N–H and O–H groups in total. The predicted molar refractivity (Wildman–Crippen MR) is 124 cm³/mol. The second kappa shape index (κ2) is 10.7. The monoisotopic (exact) mass is 543 g/mol. The molecular formula is C19H19Br2N3O4S. The summed E-state index contributed by atoms with van der Waals surface area (Å²) >= 11 is 11.8. The van der Waals surface area contributed by atoms with Crippen molar-refractivity contribution in [1.82, 2.24) is 5.32 Å². The Bertz CT molecular complexity index is 938. The highest BCUT2D eigenvalue weighted by atomic mass is 79.9. The fourth-order valence-corrected chi connectivity index (χ4v) is 3.28. The molecule has 1 amide bonds. The third-order valence-electron chi connectivity index (χ3n) is 3.78. The molecule has 0 fully saturated rings. The Morgan fingerprint density at radius 2 is 1.97 bits per heavy atom. The number of amides is 1. The van der Waals surface area contributed by atoms with E-state index in [1.807, 2.05) is 0 Å². The van der Waals surface area contributed by atoms with E-state index >= 15 is 0 Å². The van der Waals surface area contributed by atoms with Crippen molar-refractivity contribution in [2.75, 3.05) is 11.9 Å². The van der Waals surface area contributed by atoms with Crippen LogP contribution in [0.5, 0.6) is 5.75 Å². The van der Waals surface area contributed by atoms with E-state index < -0.39 is 10.8 Å². The molecule has 0 heterocycles. The summed E-state index contributed by atoms with van der Waals surface area (Å²) in [5.41, 5.74) is 0.772. The zero-order chi connectivity index (χ0) is 21.6. The molecule has 0 aliphatic heterocycles. The first-order chi connectivity index (χ1) is 13.7. The van der Waals surface area contributed by atoms with Crippen molar-refractivity contribution in [3.63, 3.8) is 0 Å². The lowest BCUT2D eigenvalue weighted by atomic mass is 10.1. The van der Waals surface area contributed by atoms with Crippen molar-refractivity contribution in [3.05, 3.63) is 61.0 Å². The number of nitrogens with one attached hydrogen (secondary N) is 2. The summed E-state index contributed by atoms with van der Waals surface area (Å²) in [6.07, 6.45) is 0.866. The van der Waals surface area contributed by atoms with Gasteiger partial charge in [0.15, 0.2) is 5.11 Å². The Morgan fingerprint density at radius 1 is 1.24 bits per heavy atom. The zero-order valence-electron chi connectivity index (χ0n) is 15.7. The minimum atomic E-state index is -0.497. The number of anilines is 1. The van der Waals surface area contributed by atoms with Gasteiger partial charge in [0.25, 0.3) is 11.6 Å². The van der Waals surface area contributed by atoms with Crippen molar-refractivity contribution in [1.29, 1.82) is 0 Å². The van der Waals surface area contributed by atoms with Crippen LogP contribution in [0.15, 0.2) is 45.3 Å². The molecule has 154 valence electrons. The fraction of sp³-hybridized carbons (Fsp3) is 0.263. The summed E-state index contributed by atoms with van der Waals surface area (Å²) in [7, 11) is 0. The van der Waals surface area contributed by atoms with Gasteiger partial charge in [-0.25, -0.2) is 0 Å². The van der Waals surface area contributed by atoms with Crippen LogP contribution in [0.3, 0.4) is 0 Å². The summed E-state index contributed by atoms with van der Waals surface area (Å²) < 4.78 is 6.94. The number of ether oxygens (including phenoxy) is 1. The standard InChI is InChI=1S/C19H19Br2N3O4S/c1-11(2)7-8-28-17-6-3-12(20)9-14(17)18(25)23-19(29)22-16-5-4-13(24(26)27)10-15(16)21/h3-6,9-11H,7-8H2,1-2H3,(H2,22,23,25,29). The molecule has 0 radical (unpaired) electrons. The maximum atomic E-state index is 12.7. The molecule has 2 aromatic rings. The molecule has 0 saturated carbocycles. The normalized spacial score (nSPS) is 10.5. The van der Waals surface area contributed by atoms with E-state index in [-0.39, 0.29) is 10.8 Å². The number of rotatable bonds is 7. The second-order valence-corrected chi connectivity index (χ2v) is 8.68. The number of thiocarbonyl (C=S) groups is 1. The van der Waals surface area contributed by atoms with Gasteiger partial charge in [0.2, 0.25) is 0 Å². The first-order valence-corrected chi connectivity index (χ1v) is 10.7. The summed E-state index contributed by atoms with van der Waals surface area (Å²) in [6.45, 7) is 4.69. The molecule has 10 heteroatoms. The summed E-state index contributed by atoms with van der Waals surface area (Å²) in [5, 5.41) is 16.3. The first kappa shape index (κ1) is 23.2. The topological polar surface area (TPSA) is 93.5 Å². The smallest absolute Gasteiger partial charge is 0.270 e. The Hall–Kier alpha value is -2.04. The van der Waals surface area contributed by atoms with Gasteiger partial charge in [-0.2, -0.15) is 0 Å². The van der Waals surface area contributed by atoms with Crippen LogP contribution in [0.2, 0.25) is 0 Å². The van der Waals surface area contributed by atoms with Crippen LogP contribution in [-0.2, 0) is 0 Å². The highest BCUT2D eigenvalue weighted by Crippen LogP contribution is 2.27. The van der Waals surface area contributed by atoms with Gasteiger partial charge >= 0.3 is 0 Å². The zero-order valence-corrected chi connectivity index (χ0v) is 19.7. The van der Waals surface area contributed by atoms with Crippen LogP contribution in [0, 0.1) is 16.0 Å². The van der Waals surface area contributed by atoms with Crippen LogP contribution >= 0.6 is 44.1 Å². The Balaban J connectivity index is 2.08. The minimum absolute atomic E-state index is 0.0534. The molecule has 0 bridgehead atoms. The number of carbonyl (C=O) groups excluding carboxylic acids is 1. The van der Waals surface area contributed by atoms with Gasteiger partial charge in [-0.1, -0.05) is 29.8 Å². The molecular weight excluding hydrogens is 526 g/mol. The Morgan fingerprint density at radius 3 is 2.59 bits per heavy atom. The maximum Gasteiger partial charge on any atom is 0.270 e. The molecule has 0 aromatic heterocycles. The number of hydrogen-bond donors (Lipinski definition) is 2. The summed E-state index contributed by atoms with van der Waals surface area (Å²) in [4.78, 5) is 23.0. The van der Waals surface area contributed by atoms with E-state index in [9.17, 15) is 14.9 Å². The van der Waals surface area contributed by atoms with Crippen molar-refractivity contribution in [2.45, 2.75) is 20.3 Å². The van der Waals surface area contributed by atoms with E-state index in [1.165, 1.54) is 18.2 Å². The van der Waals surface area contributed by atoms with Crippen molar-refractivity contribution < 1.29 is 14.5 Å². The lowest BCUT2D eigenvalue weighted by Crippen LogP contribution is -2.34. The molecule has 0 spiro atoms. The van der Waals surface area contributed by atoms with Crippen molar-refractivity contribution in [2.24, 2.45) is 5.92 Å². The maximum absolute atomic E-state index is 12.7. The van der Waals surface area contributed by atoms with E-state index in [0.29, 0.717) is 34.0 Å². The molecule has 2 rings (SSSR count). The number of nitro groups is 1. The largest absolute Gasteiger partial charge is 0.493 e. The van der Waals surface area contributed by atoms with Crippen LogP contribution in [0.25, 0.3) is 0 Å². The van der Waals surface area contributed by atoms with Gasteiger partial charge in [0.05, 0.1) is 22.8 Å². The third kappa shape index (κ3) is 7.06. The number of hydrogen-bond acceptors (Lipinski definition) is 5. The second-order valence-electron chi connectivity index (χ2n) is 6.50. The van der Waals surface area contributed by atoms with Gasteiger partial charge in [0.1, 0.15) is 5.75 Å². The van der Waals surface area contributed by atoms with Gasteiger partial charge in [-0.05, 0) is 64.8 Å². The van der Waals surface area contributed by atoms with Gasteiger partial charge in [0, 0.05) is 21.1 Å². The molecule has 7 nitrogen and oxygen atoms in total. The first-order valence-electron chi connectivity index (χ1n) is 8.66. The van der Waals surface area contributed by atoms with Crippen LogP contribution in [0.4, 0.5) is 11.4 Å². The SMILES string of the molecule is CC(C)CCOc1ccc(Br)cc1C(=O)NC(=S)Nc1ccc([N+](=O)[O-])cc1Br. The van der Waals surface area contributed by atoms with Crippen LogP contribution < -0.4 is 15.4 Å². The van der Waals surface area contributed by atoms with E-state index in [2.05, 4.69) is 56.3 Å². The van der Waals surface area contributed by atoms with E-state index in [1.54, 1.807) is 18.2 Å². The lowest BCUT2D eigenvalue weighted by Gasteiger charge is -2.14.